The van der Waals surface area contributed by atoms with E-state index in [9.17, 15) is 4.79 Å². The van der Waals surface area contributed by atoms with Crippen LogP contribution in [0.3, 0.4) is 0 Å². The Morgan fingerprint density at radius 2 is 2.26 bits per heavy atom. The summed E-state index contributed by atoms with van der Waals surface area (Å²) in [4.78, 5) is 17.0. The normalized spacial score (nSPS) is 11.3. The number of allylic oxidation sites excluding steroid dienone is 1. The third-order valence-electron chi connectivity index (χ3n) is 2.68. The first-order chi connectivity index (χ1) is 10.7. The van der Waals surface area contributed by atoms with Gasteiger partial charge >= 0.3 is 6.09 Å². The highest BCUT2D eigenvalue weighted by molar-refractivity contribution is 7.71. The van der Waals surface area contributed by atoms with Crippen LogP contribution in [0.15, 0.2) is 12.7 Å². The number of carbonyl (C=O) groups is 1. The first-order valence-corrected chi connectivity index (χ1v) is 8.17. The number of aryl methyl sites for hydroxylation is 1. The summed E-state index contributed by atoms with van der Waals surface area (Å²) in [5.41, 5.74) is 0.186. The lowest BCUT2D eigenvalue weighted by Crippen LogP contribution is -2.27. The number of ether oxygens (including phenoxy) is 1. The minimum absolute atomic E-state index is 0.450. The molecule has 0 spiro atoms. The zero-order valence-corrected chi connectivity index (χ0v) is 15.1. The number of hydrogen-bond donors (Lipinski definition) is 2. The smallest absolute Gasteiger partial charge is 0.413 e. The van der Waals surface area contributed by atoms with Crippen LogP contribution in [-0.4, -0.2) is 31.4 Å². The van der Waals surface area contributed by atoms with Crippen LogP contribution in [-0.2, 0) is 11.3 Å². The second-order valence-corrected chi connectivity index (χ2v) is 7.20. The lowest BCUT2D eigenvalue weighted by atomic mass is 10.2. The minimum atomic E-state index is -0.564. The molecule has 0 aliphatic rings. The highest BCUT2D eigenvalue weighted by atomic mass is 32.1. The van der Waals surface area contributed by atoms with Gasteiger partial charge in [0.2, 0.25) is 0 Å². The summed E-state index contributed by atoms with van der Waals surface area (Å²) in [5.74, 6) is 0.669. The Kier molecular flexibility index (Phi) is 5.00. The number of H-pyrrole nitrogens is 1. The van der Waals surface area contributed by atoms with Crippen molar-refractivity contribution in [2.24, 2.45) is 0 Å². The van der Waals surface area contributed by atoms with Gasteiger partial charge in [0.15, 0.2) is 15.7 Å². The molecule has 0 aliphatic carbocycles. The van der Waals surface area contributed by atoms with E-state index in [-0.39, 0.29) is 0 Å². The zero-order valence-electron chi connectivity index (χ0n) is 13.5. The number of hydrogen-bond acceptors (Lipinski definition) is 6. The molecule has 9 heteroatoms. The van der Waals surface area contributed by atoms with Gasteiger partial charge in [-0.3, -0.25) is 15.0 Å². The Hall–Kier alpha value is -2.00. The van der Waals surface area contributed by atoms with E-state index in [1.165, 1.54) is 11.3 Å². The fourth-order valence-corrected chi connectivity index (χ4v) is 3.00. The molecular weight excluding hydrogens is 334 g/mol. The van der Waals surface area contributed by atoms with Crippen molar-refractivity contribution in [3.8, 4) is 10.7 Å². The molecule has 0 aromatic carbocycles. The van der Waals surface area contributed by atoms with Crippen LogP contribution in [0, 0.1) is 11.7 Å². The molecule has 124 valence electrons. The molecule has 0 aliphatic heterocycles. The number of amides is 1. The summed E-state index contributed by atoms with van der Waals surface area (Å²) < 4.78 is 7.55. The maximum atomic E-state index is 11.8. The van der Waals surface area contributed by atoms with E-state index in [4.69, 9.17) is 17.0 Å². The van der Waals surface area contributed by atoms with Gasteiger partial charge in [-0.15, -0.1) is 6.58 Å². The van der Waals surface area contributed by atoms with Gasteiger partial charge in [-0.1, -0.05) is 17.4 Å². The van der Waals surface area contributed by atoms with Crippen molar-refractivity contribution in [2.75, 3.05) is 5.32 Å². The van der Waals surface area contributed by atoms with Gasteiger partial charge in [0.1, 0.15) is 5.60 Å². The Morgan fingerprint density at radius 3 is 2.87 bits per heavy atom. The minimum Gasteiger partial charge on any atom is -0.444 e. The molecule has 0 unspecified atom stereocenters. The van der Waals surface area contributed by atoms with Crippen LogP contribution in [0.2, 0.25) is 0 Å². The molecule has 2 rings (SSSR count). The molecule has 23 heavy (non-hydrogen) atoms. The van der Waals surface area contributed by atoms with Crippen LogP contribution in [0.4, 0.5) is 9.93 Å². The van der Waals surface area contributed by atoms with Crippen LogP contribution in [0.25, 0.3) is 10.7 Å². The zero-order chi connectivity index (χ0) is 17.2. The molecule has 0 fully saturated rings. The van der Waals surface area contributed by atoms with Gasteiger partial charge in [0, 0.05) is 6.54 Å². The predicted octanol–water partition coefficient (Wildman–Crippen LogP) is 3.91. The second-order valence-electron chi connectivity index (χ2n) is 5.81. The van der Waals surface area contributed by atoms with Crippen molar-refractivity contribution in [1.29, 1.82) is 0 Å². The molecule has 2 aromatic heterocycles. The third kappa shape index (κ3) is 4.26. The number of nitrogens with zero attached hydrogens (tertiary/aromatic N) is 3. The van der Waals surface area contributed by atoms with E-state index >= 15 is 0 Å². The highest BCUT2D eigenvalue weighted by Gasteiger charge is 2.20. The molecule has 0 radical (unpaired) electrons. The summed E-state index contributed by atoms with van der Waals surface area (Å²) in [6, 6.07) is 0. The van der Waals surface area contributed by atoms with Crippen LogP contribution in [0.1, 0.15) is 26.5 Å². The molecule has 2 N–H and O–H groups in total. The molecule has 2 heterocycles. The average Bonchev–Trinajstić information content (AvgIpc) is 2.92. The number of aromatic amines is 1. The number of thiazole rings is 1. The third-order valence-corrected chi connectivity index (χ3v) is 4.06. The number of carbonyl (C=O) groups excluding carboxylic acids is 1. The maximum Gasteiger partial charge on any atom is 0.413 e. The number of nitrogens with one attached hydrogen (secondary N) is 2. The Bertz CT molecular complexity index is 782. The van der Waals surface area contributed by atoms with Crippen molar-refractivity contribution in [1.82, 2.24) is 19.7 Å². The Balaban J connectivity index is 2.27. The quantitative estimate of drug-likeness (QED) is 0.643. The number of anilines is 1. The predicted molar refractivity (Wildman–Crippen MR) is 93.3 cm³/mol. The largest absolute Gasteiger partial charge is 0.444 e. The maximum absolute atomic E-state index is 11.8. The lowest BCUT2D eigenvalue weighted by molar-refractivity contribution is 0.0636. The summed E-state index contributed by atoms with van der Waals surface area (Å²) >= 11 is 6.52. The van der Waals surface area contributed by atoms with Crippen molar-refractivity contribution in [3.05, 3.63) is 23.1 Å². The molecule has 0 saturated heterocycles. The topological polar surface area (TPSA) is 84.8 Å². The van der Waals surface area contributed by atoms with Gasteiger partial charge in [0.05, 0.1) is 10.6 Å². The van der Waals surface area contributed by atoms with Crippen LogP contribution < -0.4 is 5.32 Å². The van der Waals surface area contributed by atoms with Crippen LogP contribution >= 0.6 is 23.6 Å². The number of rotatable bonds is 4. The van der Waals surface area contributed by atoms with E-state index in [1.807, 2.05) is 11.5 Å². The van der Waals surface area contributed by atoms with Gasteiger partial charge in [0.25, 0.3) is 0 Å². The first-order valence-electron chi connectivity index (χ1n) is 6.95. The standard InChI is InChI=1S/C14H19N5O2S2/c1-6-7-19-10(17-18-12(19)22)9-8(2)15-11(23-9)16-13(20)21-14(3,4)5/h6H,1,7H2,2-5H3,(H,18,22)(H,15,16,20). The fourth-order valence-electron chi connectivity index (χ4n) is 1.84. The summed E-state index contributed by atoms with van der Waals surface area (Å²) in [6.45, 7) is 11.5. The van der Waals surface area contributed by atoms with E-state index in [0.717, 1.165) is 10.6 Å². The second kappa shape index (κ2) is 6.63. The molecular formula is C14H19N5O2S2. The molecule has 7 nitrogen and oxygen atoms in total. The summed E-state index contributed by atoms with van der Waals surface area (Å²) in [5, 5.41) is 10.1. The van der Waals surface area contributed by atoms with Crippen LogP contribution in [0.5, 0.6) is 0 Å². The van der Waals surface area contributed by atoms with Crippen molar-refractivity contribution >= 4 is 34.8 Å². The number of aromatic nitrogens is 4. The Morgan fingerprint density at radius 1 is 1.57 bits per heavy atom. The molecule has 1 amide bonds. The van der Waals surface area contributed by atoms with Gasteiger partial charge < -0.3 is 4.74 Å². The fraction of sp³-hybridized carbons (Fsp3) is 0.429. The highest BCUT2D eigenvalue weighted by Crippen LogP contribution is 2.31. The summed E-state index contributed by atoms with van der Waals surface area (Å²) in [7, 11) is 0. The van der Waals surface area contributed by atoms with E-state index in [2.05, 4.69) is 27.1 Å². The Labute approximate surface area is 143 Å². The molecule has 2 aromatic rings. The SMILES string of the molecule is C=CCn1c(-c2sc(NC(=O)OC(C)(C)C)nc2C)n[nH]c1=S. The average molecular weight is 353 g/mol. The van der Waals surface area contributed by atoms with Crippen molar-refractivity contribution in [3.63, 3.8) is 0 Å². The van der Waals surface area contributed by atoms with E-state index in [0.29, 0.717) is 22.3 Å². The van der Waals surface area contributed by atoms with E-state index in [1.54, 1.807) is 26.8 Å². The van der Waals surface area contributed by atoms with Gasteiger partial charge in [-0.2, -0.15) is 5.10 Å². The van der Waals surface area contributed by atoms with Gasteiger partial charge in [-0.05, 0) is 39.9 Å². The van der Waals surface area contributed by atoms with Gasteiger partial charge in [-0.25, -0.2) is 9.78 Å². The first kappa shape index (κ1) is 17.4. The molecule has 0 saturated carbocycles. The molecule has 0 atom stereocenters. The monoisotopic (exact) mass is 353 g/mol. The molecule has 0 bridgehead atoms. The van der Waals surface area contributed by atoms with E-state index < -0.39 is 11.7 Å². The summed E-state index contributed by atoms with van der Waals surface area (Å²) in [6.07, 6.45) is 1.20. The van der Waals surface area contributed by atoms with Crippen molar-refractivity contribution in [2.45, 2.75) is 39.8 Å². The van der Waals surface area contributed by atoms with Crippen molar-refractivity contribution < 1.29 is 9.53 Å². The lowest BCUT2D eigenvalue weighted by Gasteiger charge is -2.18.